The van der Waals surface area contributed by atoms with Crippen LogP contribution in [0, 0.1) is 5.82 Å². The van der Waals surface area contributed by atoms with Gasteiger partial charge in [0.2, 0.25) is 5.91 Å². The second-order valence-corrected chi connectivity index (χ2v) is 4.06. The van der Waals surface area contributed by atoms with Crippen LogP contribution in [0.4, 0.5) is 4.39 Å². The molecular weight excluding hydrogens is 259 g/mol. The Morgan fingerprint density at radius 3 is 2.78 bits per heavy atom. The van der Waals surface area contributed by atoms with Gasteiger partial charge in [-0.1, -0.05) is 12.1 Å². The summed E-state index contributed by atoms with van der Waals surface area (Å²) in [5.41, 5.74) is 5.89. The number of benzene rings is 1. The van der Waals surface area contributed by atoms with E-state index in [0.29, 0.717) is 5.56 Å². The summed E-state index contributed by atoms with van der Waals surface area (Å²) in [6, 6.07) is 5.43. The highest BCUT2D eigenvalue weighted by atomic mass is 35.5. The fourth-order valence-corrected chi connectivity index (χ4v) is 1.41. The van der Waals surface area contributed by atoms with Crippen molar-refractivity contribution < 1.29 is 14.3 Å². The van der Waals surface area contributed by atoms with E-state index in [1.807, 2.05) is 0 Å². The van der Waals surface area contributed by atoms with Crippen LogP contribution < -0.4 is 11.1 Å². The predicted octanol–water partition coefficient (Wildman–Crippen LogP) is 1.13. The smallest absolute Gasteiger partial charge is 0.221 e. The summed E-state index contributed by atoms with van der Waals surface area (Å²) < 4.78 is 12.9. The number of carbonyl (C=O) groups excluding carboxylic acids is 1. The summed E-state index contributed by atoms with van der Waals surface area (Å²) in [4.78, 5) is 11.3. The van der Waals surface area contributed by atoms with Crippen LogP contribution in [0.2, 0.25) is 0 Å². The number of halogens is 2. The standard InChI is InChI=1S/C12H17FN2O2.ClH/c1-8(14)5-12(17)15-7-11(16)9-3-2-4-10(13)6-9;/h2-4,6,8,11,16H,5,7,14H2,1H3,(H,15,17);1H. The van der Waals surface area contributed by atoms with Crippen molar-refractivity contribution in [3.63, 3.8) is 0 Å². The molecule has 0 bridgehead atoms. The van der Waals surface area contributed by atoms with Crippen LogP contribution in [0.1, 0.15) is 25.0 Å². The summed E-state index contributed by atoms with van der Waals surface area (Å²) in [5, 5.41) is 12.3. The van der Waals surface area contributed by atoms with Crippen LogP contribution in [-0.4, -0.2) is 23.6 Å². The van der Waals surface area contributed by atoms with E-state index in [1.165, 1.54) is 18.2 Å². The van der Waals surface area contributed by atoms with Gasteiger partial charge in [-0.3, -0.25) is 4.79 Å². The van der Waals surface area contributed by atoms with E-state index in [9.17, 15) is 14.3 Å². The van der Waals surface area contributed by atoms with Crippen LogP contribution in [0.3, 0.4) is 0 Å². The Balaban J connectivity index is 0.00000289. The normalized spacial score (nSPS) is 13.3. The molecule has 2 unspecified atom stereocenters. The minimum Gasteiger partial charge on any atom is -0.387 e. The Kier molecular flexibility index (Phi) is 7.50. The van der Waals surface area contributed by atoms with Gasteiger partial charge in [0.15, 0.2) is 0 Å². The lowest BCUT2D eigenvalue weighted by atomic mass is 10.1. The molecule has 1 aromatic carbocycles. The first kappa shape index (κ1) is 16.8. The molecule has 0 heterocycles. The third-order valence-corrected chi connectivity index (χ3v) is 2.23. The molecule has 0 saturated carbocycles. The lowest BCUT2D eigenvalue weighted by molar-refractivity contribution is -0.121. The number of nitrogens with two attached hydrogens (primary N) is 1. The largest absolute Gasteiger partial charge is 0.387 e. The molecule has 0 aliphatic carbocycles. The van der Waals surface area contributed by atoms with Crippen molar-refractivity contribution in [2.45, 2.75) is 25.5 Å². The lowest BCUT2D eigenvalue weighted by Gasteiger charge is -2.13. The van der Waals surface area contributed by atoms with Gasteiger partial charge in [-0.25, -0.2) is 4.39 Å². The molecule has 6 heteroatoms. The summed E-state index contributed by atoms with van der Waals surface area (Å²) in [6.45, 7) is 1.78. The van der Waals surface area contributed by atoms with Crippen LogP contribution >= 0.6 is 12.4 Å². The van der Waals surface area contributed by atoms with Gasteiger partial charge in [0, 0.05) is 19.0 Å². The van der Waals surface area contributed by atoms with E-state index < -0.39 is 11.9 Å². The van der Waals surface area contributed by atoms with Crippen molar-refractivity contribution in [1.29, 1.82) is 0 Å². The molecule has 0 aliphatic heterocycles. The fraction of sp³-hybridized carbons (Fsp3) is 0.417. The number of rotatable bonds is 5. The zero-order chi connectivity index (χ0) is 12.8. The van der Waals surface area contributed by atoms with E-state index in [1.54, 1.807) is 13.0 Å². The topological polar surface area (TPSA) is 75.4 Å². The highest BCUT2D eigenvalue weighted by Crippen LogP contribution is 2.12. The molecule has 18 heavy (non-hydrogen) atoms. The molecule has 0 aromatic heterocycles. The van der Waals surface area contributed by atoms with Crippen molar-refractivity contribution in [2.75, 3.05) is 6.54 Å². The third kappa shape index (κ3) is 5.95. The summed E-state index contributed by atoms with van der Waals surface area (Å²) >= 11 is 0. The van der Waals surface area contributed by atoms with Gasteiger partial charge in [0.05, 0.1) is 6.10 Å². The molecule has 2 atom stereocenters. The van der Waals surface area contributed by atoms with Crippen molar-refractivity contribution in [1.82, 2.24) is 5.32 Å². The number of aliphatic hydroxyl groups is 1. The van der Waals surface area contributed by atoms with Crippen molar-refractivity contribution in [3.05, 3.63) is 35.6 Å². The van der Waals surface area contributed by atoms with E-state index in [4.69, 9.17) is 5.73 Å². The van der Waals surface area contributed by atoms with E-state index in [-0.39, 0.29) is 37.3 Å². The lowest BCUT2D eigenvalue weighted by Crippen LogP contribution is -2.32. The fourth-order valence-electron chi connectivity index (χ4n) is 1.41. The second-order valence-electron chi connectivity index (χ2n) is 4.06. The first-order chi connectivity index (χ1) is 7.99. The Labute approximate surface area is 112 Å². The molecular formula is C12H18ClFN2O2. The van der Waals surface area contributed by atoms with Crippen LogP contribution in [-0.2, 0) is 4.79 Å². The first-order valence-electron chi connectivity index (χ1n) is 5.45. The maximum atomic E-state index is 12.9. The maximum Gasteiger partial charge on any atom is 0.221 e. The van der Waals surface area contributed by atoms with E-state index >= 15 is 0 Å². The monoisotopic (exact) mass is 276 g/mol. The molecule has 0 aliphatic rings. The van der Waals surface area contributed by atoms with E-state index in [2.05, 4.69) is 5.32 Å². The molecule has 1 rings (SSSR count). The van der Waals surface area contributed by atoms with E-state index in [0.717, 1.165) is 0 Å². The summed E-state index contributed by atoms with van der Waals surface area (Å²) in [7, 11) is 0. The number of hydrogen-bond donors (Lipinski definition) is 3. The van der Waals surface area contributed by atoms with Gasteiger partial charge < -0.3 is 16.2 Å². The minimum absolute atomic E-state index is 0. The second kappa shape index (κ2) is 8.02. The van der Waals surface area contributed by atoms with Crippen molar-refractivity contribution in [2.24, 2.45) is 5.73 Å². The van der Waals surface area contributed by atoms with Gasteiger partial charge in [0.1, 0.15) is 5.82 Å². The maximum absolute atomic E-state index is 12.9. The number of nitrogens with one attached hydrogen (secondary N) is 1. The van der Waals surface area contributed by atoms with Gasteiger partial charge in [-0.15, -0.1) is 12.4 Å². The number of hydrogen-bond acceptors (Lipinski definition) is 3. The number of aliphatic hydroxyl groups excluding tert-OH is 1. The van der Waals surface area contributed by atoms with Gasteiger partial charge in [-0.05, 0) is 24.6 Å². The third-order valence-electron chi connectivity index (χ3n) is 2.23. The molecule has 1 amide bonds. The first-order valence-corrected chi connectivity index (χ1v) is 5.45. The Hall–Kier alpha value is -1.17. The SMILES string of the molecule is CC(N)CC(=O)NCC(O)c1cccc(F)c1.Cl. The molecule has 0 fully saturated rings. The quantitative estimate of drug-likeness (QED) is 0.755. The number of carbonyl (C=O) groups is 1. The zero-order valence-corrected chi connectivity index (χ0v) is 10.9. The molecule has 102 valence electrons. The summed E-state index contributed by atoms with van der Waals surface area (Å²) in [5.74, 6) is -0.640. The predicted molar refractivity (Wildman–Crippen MR) is 69.9 cm³/mol. The molecule has 1 aromatic rings. The summed E-state index contributed by atoms with van der Waals surface area (Å²) in [6.07, 6.45) is -0.710. The molecule has 4 nitrogen and oxygen atoms in total. The Morgan fingerprint density at radius 1 is 1.56 bits per heavy atom. The van der Waals surface area contributed by atoms with Gasteiger partial charge in [-0.2, -0.15) is 0 Å². The zero-order valence-electron chi connectivity index (χ0n) is 10.1. The average Bonchev–Trinajstić information content (AvgIpc) is 2.25. The minimum atomic E-state index is -0.914. The number of amides is 1. The van der Waals surface area contributed by atoms with Crippen LogP contribution in [0.25, 0.3) is 0 Å². The molecule has 0 radical (unpaired) electrons. The average molecular weight is 277 g/mol. The molecule has 0 spiro atoms. The Morgan fingerprint density at radius 2 is 2.22 bits per heavy atom. The molecule has 4 N–H and O–H groups in total. The molecule has 0 saturated heterocycles. The highest BCUT2D eigenvalue weighted by Gasteiger charge is 2.10. The van der Waals surface area contributed by atoms with Gasteiger partial charge >= 0.3 is 0 Å². The Bertz CT molecular complexity index is 388. The highest BCUT2D eigenvalue weighted by molar-refractivity contribution is 5.85. The van der Waals surface area contributed by atoms with Crippen molar-refractivity contribution in [3.8, 4) is 0 Å². The van der Waals surface area contributed by atoms with Crippen LogP contribution in [0.5, 0.6) is 0 Å². The van der Waals surface area contributed by atoms with Crippen molar-refractivity contribution >= 4 is 18.3 Å². The van der Waals surface area contributed by atoms with Crippen LogP contribution in [0.15, 0.2) is 24.3 Å². The van der Waals surface area contributed by atoms with Gasteiger partial charge in [0.25, 0.3) is 0 Å².